The number of hydrogen-bond donors (Lipinski definition) is 2. The molecule has 2 aromatic rings. The maximum atomic E-state index is 12.5. The topological polar surface area (TPSA) is 130 Å². The van der Waals surface area contributed by atoms with Crippen molar-refractivity contribution in [2.75, 3.05) is 38.7 Å². The highest BCUT2D eigenvalue weighted by atomic mass is 35.5. The molecule has 1 fully saturated rings. The van der Waals surface area contributed by atoms with Crippen LogP contribution in [0.5, 0.6) is 5.75 Å². The molecule has 2 N–H and O–H groups in total. The van der Waals surface area contributed by atoms with Crippen molar-refractivity contribution >= 4 is 48.8 Å². The Morgan fingerprint density at radius 3 is 2.25 bits per heavy atom. The maximum Gasteiger partial charge on any atom is 0.251 e. The highest BCUT2D eigenvalue weighted by Gasteiger charge is 2.24. The number of nitrogens with one attached hydrogen (secondary N) is 1. The average molecular weight is 580 g/mol. The average Bonchev–Trinajstić information content (AvgIpc) is 2.79. The van der Waals surface area contributed by atoms with Gasteiger partial charge in [0.1, 0.15) is 11.9 Å². The van der Waals surface area contributed by atoms with E-state index >= 15 is 0 Å². The molecule has 1 unspecified atom stereocenters. The first-order valence-corrected chi connectivity index (χ1v) is 15.6. The van der Waals surface area contributed by atoms with Gasteiger partial charge in [-0.3, -0.25) is 4.79 Å². The molecular formula is C23H28Cl2N2O7S2. The summed E-state index contributed by atoms with van der Waals surface area (Å²) >= 11 is 12.0. The SMILES string of the molecule is CS(=O)(=O)c1ccc(C(=O)NCC(O)CN2CCC(Oc3ccc(Cl)c(Cl)c3)CC2)cc1S(C)(=O)=O. The van der Waals surface area contributed by atoms with E-state index in [4.69, 9.17) is 27.9 Å². The lowest BCUT2D eigenvalue weighted by Gasteiger charge is -2.33. The molecule has 0 saturated carbocycles. The van der Waals surface area contributed by atoms with Crippen LogP contribution in [0.4, 0.5) is 0 Å². The molecule has 198 valence electrons. The number of halogens is 2. The number of sulfone groups is 2. The van der Waals surface area contributed by atoms with Crippen LogP contribution in [-0.2, 0) is 19.7 Å². The summed E-state index contributed by atoms with van der Waals surface area (Å²) in [4.78, 5) is 13.8. The predicted molar refractivity (Wildman–Crippen MR) is 138 cm³/mol. The number of β-amino-alcohol motifs (C(OH)–C–C–N with tert-alkyl or cyclic N) is 1. The van der Waals surface area contributed by atoms with E-state index in [1.54, 1.807) is 18.2 Å². The largest absolute Gasteiger partial charge is 0.490 e. The van der Waals surface area contributed by atoms with Crippen LogP contribution < -0.4 is 10.1 Å². The normalized spacial score (nSPS) is 16.5. The molecule has 1 aliphatic heterocycles. The van der Waals surface area contributed by atoms with Gasteiger partial charge in [-0.1, -0.05) is 23.2 Å². The smallest absolute Gasteiger partial charge is 0.251 e. The molecule has 0 spiro atoms. The molecule has 1 saturated heterocycles. The lowest BCUT2D eigenvalue weighted by molar-refractivity contribution is 0.0594. The van der Waals surface area contributed by atoms with Gasteiger partial charge in [-0.05, 0) is 43.2 Å². The second-order valence-corrected chi connectivity index (χ2v) is 13.5. The van der Waals surface area contributed by atoms with Gasteiger partial charge in [0, 0.05) is 50.3 Å². The van der Waals surface area contributed by atoms with Crippen molar-refractivity contribution in [2.45, 2.75) is 34.8 Å². The summed E-state index contributed by atoms with van der Waals surface area (Å²) < 4.78 is 53.9. The fourth-order valence-electron chi connectivity index (χ4n) is 3.87. The number of aliphatic hydroxyl groups is 1. The highest BCUT2D eigenvalue weighted by Crippen LogP contribution is 2.28. The molecular weight excluding hydrogens is 551 g/mol. The Labute approximate surface area is 221 Å². The summed E-state index contributed by atoms with van der Waals surface area (Å²) in [6.45, 7) is 1.67. The molecule has 0 radical (unpaired) electrons. The first-order valence-electron chi connectivity index (χ1n) is 11.1. The molecule has 1 aliphatic rings. The fraction of sp³-hybridized carbons (Fsp3) is 0.435. The lowest BCUT2D eigenvalue weighted by atomic mass is 10.1. The van der Waals surface area contributed by atoms with Gasteiger partial charge in [-0.25, -0.2) is 16.8 Å². The fourth-order valence-corrected chi connectivity index (χ4v) is 6.58. The minimum atomic E-state index is -3.89. The van der Waals surface area contributed by atoms with Crippen molar-refractivity contribution in [3.05, 3.63) is 52.0 Å². The number of hydrogen-bond acceptors (Lipinski definition) is 8. The summed E-state index contributed by atoms with van der Waals surface area (Å²) in [5.74, 6) is 0.0296. The number of aliphatic hydroxyl groups excluding tert-OH is 1. The number of piperidine rings is 1. The Balaban J connectivity index is 1.50. The van der Waals surface area contributed by atoms with E-state index in [0.717, 1.165) is 37.5 Å². The Bertz CT molecular complexity index is 1330. The third-order valence-corrected chi connectivity index (χ3v) is 8.86. The van der Waals surface area contributed by atoms with Crippen molar-refractivity contribution in [3.63, 3.8) is 0 Å². The van der Waals surface area contributed by atoms with Crippen molar-refractivity contribution in [3.8, 4) is 5.75 Å². The summed E-state index contributed by atoms with van der Waals surface area (Å²) in [5.41, 5.74) is -0.0182. The van der Waals surface area contributed by atoms with E-state index in [-0.39, 0.29) is 23.1 Å². The zero-order chi connectivity index (χ0) is 26.7. The number of carbonyl (C=O) groups excluding carboxylic acids is 1. The van der Waals surface area contributed by atoms with Gasteiger partial charge in [-0.15, -0.1) is 0 Å². The quantitative estimate of drug-likeness (QED) is 0.464. The summed E-state index contributed by atoms with van der Waals surface area (Å²) in [5, 5.41) is 13.9. The Hall–Kier alpha value is -1.89. The molecule has 0 bridgehead atoms. The Kier molecular flexibility index (Phi) is 9.29. The number of amides is 1. The van der Waals surface area contributed by atoms with Crippen molar-refractivity contribution in [1.29, 1.82) is 0 Å². The molecule has 3 rings (SSSR count). The minimum Gasteiger partial charge on any atom is -0.490 e. The standard InChI is InChI=1S/C23H28Cl2N2O7S2/c1-35(30,31)21-6-3-15(11-22(21)36(2,32)33)23(29)26-13-16(28)14-27-9-7-17(8-10-27)34-18-4-5-19(24)20(25)12-18/h3-6,11-12,16-17,28H,7-10,13-14H2,1-2H3,(H,26,29). The van der Waals surface area contributed by atoms with Crippen LogP contribution in [0.3, 0.4) is 0 Å². The zero-order valence-corrected chi connectivity index (χ0v) is 22.9. The third kappa shape index (κ3) is 7.80. The van der Waals surface area contributed by atoms with Crippen LogP contribution in [0.2, 0.25) is 10.0 Å². The van der Waals surface area contributed by atoms with E-state index in [1.807, 2.05) is 0 Å². The third-order valence-electron chi connectivity index (χ3n) is 5.70. The number of ether oxygens (including phenoxy) is 1. The number of nitrogens with zero attached hydrogens (tertiary/aromatic N) is 1. The molecule has 1 atom stereocenters. The first-order chi connectivity index (χ1) is 16.7. The van der Waals surface area contributed by atoms with Crippen LogP contribution in [0.1, 0.15) is 23.2 Å². The predicted octanol–water partition coefficient (Wildman–Crippen LogP) is 2.43. The van der Waals surface area contributed by atoms with Crippen LogP contribution in [0.15, 0.2) is 46.2 Å². The van der Waals surface area contributed by atoms with Crippen LogP contribution >= 0.6 is 23.2 Å². The lowest BCUT2D eigenvalue weighted by Crippen LogP contribution is -2.45. The maximum absolute atomic E-state index is 12.5. The van der Waals surface area contributed by atoms with Gasteiger partial charge in [0.05, 0.1) is 25.9 Å². The molecule has 0 aromatic heterocycles. The summed E-state index contributed by atoms with van der Waals surface area (Å²) in [7, 11) is -7.69. The molecule has 2 aromatic carbocycles. The molecule has 36 heavy (non-hydrogen) atoms. The number of carbonyl (C=O) groups is 1. The van der Waals surface area contributed by atoms with Crippen LogP contribution in [-0.4, -0.2) is 83.6 Å². The highest BCUT2D eigenvalue weighted by molar-refractivity contribution is 7.93. The Morgan fingerprint density at radius 1 is 1.03 bits per heavy atom. The Morgan fingerprint density at radius 2 is 1.67 bits per heavy atom. The molecule has 9 nitrogen and oxygen atoms in total. The van der Waals surface area contributed by atoms with Gasteiger partial charge in [0.2, 0.25) is 0 Å². The van der Waals surface area contributed by atoms with Gasteiger partial charge in [0.15, 0.2) is 19.7 Å². The minimum absolute atomic E-state index is 0.00860. The molecule has 0 aliphatic carbocycles. The first kappa shape index (κ1) is 28.7. The second kappa shape index (κ2) is 11.7. The van der Waals surface area contributed by atoms with Gasteiger partial charge >= 0.3 is 0 Å². The zero-order valence-electron chi connectivity index (χ0n) is 19.8. The van der Waals surface area contributed by atoms with E-state index in [2.05, 4.69) is 10.2 Å². The van der Waals surface area contributed by atoms with E-state index < -0.39 is 36.6 Å². The number of rotatable bonds is 9. The van der Waals surface area contributed by atoms with Crippen LogP contribution in [0, 0.1) is 0 Å². The number of likely N-dealkylation sites (tertiary alicyclic amines) is 1. The summed E-state index contributed by atoms with van der Waals surface area (Å²) in [6, 6.07) is 8.50. The molecule has 13 heteroatoms. The van der Waals surface area contributed by atoms with Gasteiger partial charge < -0.3 is 20.1 Å². The van der Waals surface area contributed by atoms with E-state index in [0.29, 0.717) is 35.4 Å². The van der Waals surface area contributed by atoms with E-state index in [1.165, 1.54) is 6.07 Å². The van der Waals surface area contributed by atoms with Crippen molar-refractivity contribution < 1.29 is 31.5 Å². The second-order valence-electron chi connectivity index (χ2n) is 8.76. The summed E-state index contributed by atoms with van der Waals surface area (Å²) in [6.07, 6.45) is 2.43. The molecule has 1 amide bonds. The monoisotopic (exact) mass is 578 g/mol. The van der Waals surface area contributed by atoms with Crippen molar-refractivity contribution in [1.82, 2.24) is 10.2 Å². The van der Waals surface area contributed by atoms with Crippen molar-refractivity contribution in [2.24, 2.45) is 0 Å². The van der Waals surface area contributed by atoms with E-state index in [9.17, 15) is 26.7 Å². The van der Waals surface area contributed by atoms with Gasteiger partial charge in [-0.2, -0.15) is 0 Å². The molecule has 1 heterocycles. The van der Waals surface area contributed by atoms with Gasteiger partial charge in [0.25, 0.3) is 5.91 Å². The number of benzene rings is 2. The van der Waals surface area contributed by atoms with Crippen LogP contribution in [0.25, 0.3) is 0 Å².